The van der Waals surface area contributed by atoms with Crippen LogP contribution < -0.4 is 5.32 Å². The highest BCUT2D eigenvalue weighted by Gasteiger charge is 2.42. The molecule has 7 nitrogen and oxygen atoms in total. The zero-order valence-corrected chi connectivity index (χ0v) is 16.3. The topological polar surface area (TPSA) is 84.9 Å². The van der Waals surface area contributed by atoms with Crippen molar-refractivity contribution in [2.45, 2.75) is 52.8 Å². The first-order valence-electron chi connectivity index (χ1n) is 9.26. The van der Waals surface area contributed by atoms with Crippen LogP contribution in [0.4, 0.5) is 9.59 Å². The summed E-state index contributed by atoms with van der Waals surface area (Å²) in [5.41, 5.74) is 0.849. The SMILES string of the molecule is CC(C)C[C@@H](NC(=O)OCc1ccccc1)C(=O)N1C(=O)OC[C@H]1C(C)C. The molecule has 3 amide bonds. The van der Waals surface area contributed by atoms with Crippen molar-refractivity contribution in [2.75, 3.05) is 6.61 Å². The lowest BCUT2D eigenvalue weighted by molar-refractivity contribution is -0.132. The molecule has 2 atom stereocenters. The lowest BCUT2D eigenvalue weighted by atomic mass is 10.00. The minimum Gasteiger partial charge on any atom is -0.447 e. The van der Waals surface area contributed by atoms with E-state index >= 15 is 0 Å². The Morgan fingerprint density at radius 1 is 1.22 bits per heavy atom. The van der Waals surface area contributed by atoms with Gasteiger partial charge in [0.2, 0.25) is 0 Å². The van der Waals surface area contributed by atoms with Crippen LogP contribution in [0.3, 0.4) is 0 Å². The molecule has 0 radical (unpaired) electrons. The van der Waals surface area contributed by atoms with E-state index in [4.69, 9.17) is 9.47 Å². The average Bonchev–Trinajstić information content (AvgIpc) is 3.01. The minimum atomic E-state index is -0.847. The summed E-state index contributed by atoms with van der Waals surface area (Å²) in [6.45, 7) is 8.02. The molecule has 0 unspecified atom stereocenters. The zero-order chi connectivity index (χ0) is 20.0. The van der Waals surface area contributed by atoms with E-state index in [0.717, 1.165) is 10.5 Å². The maximum Gasteiger partial charge on any atom is 0.417 e. The van der Waals surface area contributed by atoms with E-state index in [1.165, 1.54) is 0 Å². The van der Waals surface area contributed by atoms with Crippen molar-refractivity contribution in [3.63, 3.8) is 0 Å². The number of carbonyl (C=O) groups excluding carboxylic acids is 3. The molecule has 7 heteroatoms. The second-order valence-electron chi connectivity index (χ2n) is 7.48. The van der Waals surface area contributed by atoms with Crippen LogP contribution in [0.5, 0.6) is 0 Å². The van der Waals surface area contributed by atoms with Crippen molar-refractivity contribution in [1.82, 2.24) is 10.2 Å². The highest BCUT2D eigenvalue weighted by atomic mass is 16.6. The highest BCUT2D eigenvalue weighted by molar-refractivity contribution is 5.97. The summed E-state index contributed by atoms with van der Waals surface area (Å²) in [5, 5.41) is 2.62. The molecule has 0 bridgehead atoms. The fourth-order valence-corrected chi connectivity index (χ4v) is 2.95. The van der Waals surface area contributed by atoms with Gasteiger partial charge in [0, 0.05) is 0 Å². The molecule has 0 spiro atoms. The van der Waals surface area contributed by atoms with Gasteiger partial charge >= 0.3 is 12.2 Å². The number of cyclic esters (lactones) is 1. The summed E-state index contributed by atoms with van der Waals surface area (Å²) < 4.78 is 10.3. The largest absolute Gasteiger partial charge is 0.447 e. The van der Waals surface area contributed by atoms with Gasteiger partial charge in [-0.05, 0) is 23.8 Å². The number of ether oxygens (including phenoxy) is 2. The number of carbonyl (C=O) groups is 3. The summed E-state index contributed by atoms with van der Waals surface area (Å²) in [6, 6.07) is 8.09. The minimum absolute atomic E-state index is 0.0603. The number of hydrogen-bond donors (Lipinski definition) is 1. The van der Waals surface area contributed by atoms with Gasteiger partial charge in [-0.25, -0.2) is 14.5 Å². The number of hydrogen-bond acceptors (Lipinski definition) is 5. The Balaban J connectivity index is 2.04. The van der Waals surface area contributed by atoms with Crippen molar-refractivity contribution in [2.24, 2.45) is 11.8 Å². The van der Waals surface area contributed by atoms with E-state index in [-0.39, 0.29) is 31.1 Å². The molecule has 0 aliphatic carbocycles. The number of rotatable bonds is 7. The Labute approximate surface area is 160 Å². The van der Waals surface area contributed by atoms with Gasteiger partial charge in [-0.3, -0.25) is 4.79 Å². The van der Waals surface area contributed by atoms with E-state index in [1.807, 2.05) is 58.0 Å². The number of amides is 3. The lowest BCUT2D eigenvalue weighted by Gasteiger charge is -2.27. The normalized spacial score (nSPS) is 17.8. The first-order valence-corrected chi connectivity index (χ1v) is 9.26. The molecule has 2 rings (SSSR count). The quantitative estimate of drug-likeness (QED) is 0.789. The zero-order valence-electron chi connectivity index (χ0n) is 16.3. The maximum absolute atomic E-state index is 13.0. The van der Waals surface area contributed by atoms with E-state index in [2.05, 4.69) is 5.32 Å². The monoisotopic (exact) mass is 376 g/mol. The summed E-state index contributed by atoms with van der Waals surface area (Å²) >= 11 is 0. The van der Waals surface area contributed by atoms with Crippen molar-refractivity contribution < 1.29 is 23.9 Å². The second-order valence-corrected chi connectivity index (χ2v) is 7.48. The summed E-state index contributed by atoms with van der Waals surface area (Å²) in [7, 11) is 0. The molecule has 27 heavy (non-hydrogen) atoms. The number of nitrogens with one attached hydrogen (secondary N) is 1. The smallest absolute Gasteiger partial charge is 0.417 e. The van der Waals surface area contributed by atoms with Crippen LogP contribution in [0, 0.1) is 11.8 Å². The molecular weight excluding hydrogens is 348 g/mol. The molecular formula is C20H28N2O5. The Hall–Kier alpha value is -2.57. The molecule has 1 aliphatic heterocycles. The highest BCUT2D eigenvalue weighted by Crippen LogP contribution is 2.22. The molecule has 1 aliphatic rings. The van der Waals surface area contributed by atoms with E-state index < -0.39 is 24.1 Å². The van der Waals surface area contributed by atoms with Gasteiger partial charge in [-0.1, -0.05) is 58.0 Å². The maximum atomic E-state index is 13.0. The third-order valence-electron chi connectivity index (χ3n) is 4.42. The van der Waals surface area contributed by atoms with Crippen molar-refractivity contribution in [3.05, 3.63) is 35.9 Å². The van der Waals surface area contributed by atoms with Gasteiger partial charge in [-0.15, -0.1) is 0 Å². The molecule has 148 valence electrons. The molecule has 0 saturated carbocycles. The van der Waals surface area contributed by atoms with Crippen molar-refractivity contribution >= 4 is 18.1 Å². The van der Waals surface area contributed by atoms with Gasteiger partial charge in [-0.2, -0.15) is 0 Å². The molecule has 1 aromatic rings. The standard InChI is InChI=1S/C20H28N2O5/c1-13(2)10-16(18(23)22-17(14(3)4)12-27-20(22)25)21-19(24)26-11-15-8-6-5-7-9-15/h5-9,13-14,16-17H,10-12H2,1-4H3,(H,21,24)/t16-,17+/m1/s1. The molecule has 1 fully saturated rings. The van der Waals surface area contributed by atoms with E-state index in [0.29, 0.717) is 6.42 Å². The first-order chi connectivity index (χ1) is 12.8. The summed E-state index contributed by atoms with van der Waals surface area (Å²) in [5.74, 6) is -0.254. The van der Waals surface area contributed by atoms with Crippen molar-refractivity contribution in [1.29, 1.82) is 0 Å². The molecule has 1 saturated heterocycles. The van der Waals surface area contributed by atoms with Crippen LogP contribution in [0.25, 0.3) is 0 Å². The third kappa shape index (κ3) is 5.70. The fraction of sp³-hybridized carbons (Fsp3) is 0.550. The lowest BCUT2D eigenvalue weighted by Crippen LogP contribution is -2.53. The Morgan fingerprint density at radius 2 is 1.89 bits per heavy atom. The van der Waals surface area contributed by atoms with Crippen LogP contribution in [0.1, 0.15) is 39.7 Å². The average molecular weight is 376 g/mol. The van der Waals surface area contributed by atoms with Crippen molar-refractivity contribution in [3.8, 4) is 0 Å². The van der Waals surface area contributed by atoms with Crippen LogP contribution in [0.15, 0.2) is 30.3 Å². The van der Waals surface area contributed by atoms with Gasteiger partial charge in [0.25, 0.3) is 5.91 Å². The van der Waals surface area contributed by atoms with Gasteiger partial charge in [0.05, 0.1) is 6.04 Å². The molecule has 1 heterocycles. The third-order valence-corrected chi connectivity index (χ3v) is 4.42. The number of nitrogens with zero attached hydrogens (tertiary/aromatic N) is 1. The van der Waals surface area contributed by atoms with E-state index in [1.54, 1.807) is 0 Å². The van der Waals surface area contributed by atoms with Gasteiger partial charge in [0.15, 0.2) is 0 Å². The number of alkyl carbamates (subject to hydrolysis) is 1. The Kier molecular flexibility index (Phi) is 7.21. The van der Waals surface area contributed by atoms with Gasteiger partial charge in [0.1, 0.15) is 19.3 Å². The predicted octanol–water partition coefficient (Wildman–Crippen LogP) is 3.33. The number of imide groups is 1. The molecule has 1 N–H and O–H groups in total. The molecule has 1 aromatic carbocycles. The molecule has 0 aromatic heterocycles. The van der Waals surface area contributed by atoms with E-state index in [9.17, 15) is 14.4 Å². The predicted molar refractivity (Wildman–Crippen MR) is 99.8 cm³/mol. The summed E-state index contributed by atoms with van der Waals surface area (Å²) in [6.07, 6.45) is -0.952. The fourth-order valence-electron chi connectivity index (χ4n) is 2.95. The van der Waals surface area contributed by atoms with Crippen LogP contribution >= 0.6 is 0 Å². The van der Waals surface area contributed by atoms with Crippen LogP contribution in [-0.2, 0) is 20.9 Å². The second kappa shape index (κ2) is 9.39. The summed E-state index contributed by atoms with van der Waals surface area (Å²) in [4.78, 5) is 38.4. The Morgan fingerprint density at radius 3 is 2.48 bits per heavy atom. The first kappa shape index (κ1) is 20.7. The van der Waals surface area contributed by atoms with Gasteiger partial charge < -0.3 is 14.8 Å². The number of benzene rings is 1. The Bertz CT molecular complexity index is 660. The van der Waals surface area contributed by atoms with Crippen LogP contribution in [-0.4, -0.2) is 41.7 Å². The van der Waals surface area contributed by atoms with Crippen LogP contribution in [0.2, 0.25) is 0 Å².